The van der Waals surface area contributed by atoms with Crippen LogP contribution < -0.4 is 10.1 Å². The Morgan fingerprint density at radius 3 is 2.43 bits per heavy atom. The van der Waals surface area contributed by atoms with Crippen LogP contribution in [0.25, 0.3) is 6.08 Å². The summed E-state index contributed by atoms with van der Waals surface area (Å²) >= 11 is 0. The number of carbonyl (C=O) groups is 2. The molecule has 0 atom stereocenters. The highest BCUT2D eigenvalue weighted by atomic mass is 16.5. The van der Waals surface area contributed by atoms with Crippen LogP contribution >= 0.6 is 0 Å². The Morgan fingerprint density at radius 2 is 1.90 bits per heavy atom. The van der Waals surface area contributed by atoms with Gasteiger partial charge in [0.2, 0.25) is 0 Å². The van der Waals surface area contributed by atoms with E-state index < -0.39 is 0 Å². The van der Waals surface area contributed by atoms with Crippen LogP contribution in [0.3, 0.4) is 0 Å². The average molecular weight is 288 g/mol. The van der Waals surface area contributed by atoms with Crippen LogP contribution in [0, 0.1) is 5.92 Å². The third-order valence-electron chi connectivity index (χ3n) is 3.05. The number of nitrogens with one attached hydrogen (secondary N) is 1. The molecule has 112 valence electrons. The van der Waals surface area contributed by atoms with Crippen LogP contribution in [0.4, 0.5) is 4.79 Å². The van der Waals surface area contributed by atoms with Crippen molar-refractivity contribution in [3.8, 4) is 5.75 Å². The van der Waals surface area contributed by atoms with Gasteiger partial charge in [-0.05, 0) is 36.6 Å². The quantitative estimate of drug-likeness (QED) is 0.669. The summed E-state index contributed by atoms with van der Waals surface area (Å²) in [6.45, 7) is 6.98. The predicted octanol–water partition coefficient (Wildman–Crippen LogP) is 2.63. The first-order chi connectivity index (χ1) is 10.0. The number of carbonyl (C=O) groups excluding carboxylic acids is 2. The summed E-state index contributed by atoms with van der Waals surface area (Å²) in [7, 11) is 0. The van der Waals surface area contributed by atoms with Gasteiger partial charge in [-0.2, -0.15) is 0 Å². The lowest BCUT2D eigenvalue weighted by Gasteiger charge is -2.08. The highest BCUT2D eigenvalue weighted by Gasteiger charge is 2.31. The lowest BCUT2D eigenvalue weighted by molar-refractivity contribution is -0.122. The molecular formula is C16H20N2O3. The van der Waals surface area contributed by atoms with E-state index in [1.165, 1.54) is 4.90 Å². The minimum Gasteiger partial charge on any atom is -0.493 e. The fourth-order valence-electron chi connectivity index (χ4n) is 1.95. The van der Waals surface area contributed by atoms with E-state index in [0.717, 1.165) is 11.3 Å². The second-order valence-electron chi connectivity index (χ2n) is 5.31. The molecule has 0 radical (unpaired) electrons. The molecule has 0 saturated carbocycles. The molecule has 1 aliphatic rings. The van der Waals surface area contributed by atoms with Gasteiger partial charge in [-0.3, -0.25) is 9.69 Å². The molecule has 2 rings (SSSR count). The van der Waals surface area contributed by atoms with Gasteiger partial charge in [0.25, 0.3) is 5.91 Å². The molecule has 3 amide bonds. The van der Waals surface area contributed by atoms with Crippen molar-refractivity contribution in [1.82, 2.24) is 10.2 Å². The van der Waals surface area contributed by atoms with Gasteiger partial charge >= 0.3 is 6.03 Å². The zero-order chi connectivity index (χ0) is 15.4. The second-order valence-corrected chi connectivity index (χ2v) is 5.31. The third kappa shape index (κ3) is 3.62. The fourth-order valence-corrected chi connectivity index (χ4v) is 1.95. The van der Waals surface area contributed by atoms with E-state index in [9.17, 15) is 9.59 Å². The Bertz CT molecular complexity index is 561. The summed E-state index contributed by atoms with van der Waals surface area (Å²) in [6.07, 6.45) is 1.67. The van der Waals surface area contributed by atoms with Crippen LogP contribution in [0.15, 0.2) is 30.0 Å². The van der Waals surface area contributed by atoms with E-state index in [-0.39, 0.29) is 11.9 Å². The molecule has 1 saturated heterocycles. The summed E-state index contributed by atoms with van der Waals surface area (Å²) < 4.78 is 5.60. The normalized spacial score (nSPS) is 16.8. The van der Waals surface area contributed by atoms with E-state index in [1.807, 2.05) is 24.3 Å². The topological polar surface area (TPSA) is 58.6 Å². The molecule has 1 aliphatic heterocycles. The molecule has 1 heterocycles. The van der Waals surface area contributed by atoms with E-state index in [2.05, 4.69) is 19.2 Å². The van der Waals surface area contributed by atoms with Crippen molar-refractivity contribution in [1.29, 1.82) is 0 Å². The number of amides is 3. The zero-order valence-electron chi connectivity index (χ0n) is 12.6. The molecule has 0 aliphatic carbocycles. The summed E-state index contributed by atoms with van der Waals surface area (Å²) in [5.74, 6) is 0.976. The first-order valence-corrected chi connectivity index (χ1v) is 7.08. The van der Waals surface area contributed by atoms with Gasteiger partial charge in [-0.25, -0.2) is 4.79 Å². The lowest BCUT2D eigenvalue weighted by Crippen LogP contribution is -2.30. The predicted molar refractivity (Wildman–Crippen MR) is 80.7 cm³/mol. The smallest absolute Gasteiger partial charge is 0.328 e. The van der Waals surface area contributed by atoms with E-state index >= 15 is 0 Å². The summed E-state index contributed by atoms with van der Waals surface area (Å²) in [5.41, 5.74) is 1.14. The van der Waals surface area contributed by atoms with Crippen LogP contribution in [-0.2, 0) is 4.79 Å². The van der Waals surface area contributed by atoms with Crippen molar-refractivity contribution in [2.45, 2.75) is 20.8 Å². The average Bonchev–Trinajstić information content (AvgIpc) is 2.72. The van der Waals surface area contributed by atoms with Gasteiger partial charge in [0.05, 0.1) is 6.61 Å². The van der Waals surface area contributed by atoms with Crippen LogP contribution in [0.5, 0.6) is 5.75 Å². The zero-order valence-corrected chi connectivity index (χ0v) is 12.6. The van der Waals surface area contributed by atoms with Crippen molar-refractivity contribution < 1.29 is 14.3 Å². The van der Waals surface area contributed by atoms with E-state index in [4.69, 9.17) is 4.74 Å². The molecule has 5 heteroatoms. The Morgan fingerprint density at radius 1 is 1.24 bits per heavy atom. The molecule has 1 aromatic carbocycles. The minimum atomic E-state index is -0.370. The SMILES string of the molecule is CCN1C(=O)N/C(=C/c2ccc(OCC(C)C)cc2)C1=O. The van der Waals surface area contributed by atoms with Gasteiger partial charge in [0, 0.05) is 6.54 Å². The Kier molecular flexibility index (Phi) is 4.62. The second kappa shape index (κ2) is 6.43. The van der Waals surface area contributed by atoms with Crippen LogP contribution in [0.1, 0.15) is 26.3 Å². The number of likely N-dealkylation sites (N-methyl/N-ethyl adjacent to an activating group) is 1. The molecule has 0 unspecified atom stereocenters. The maximum atomic E-state index is 11.9. The molecule has 1 aromatic rings. The Balaban J connectivity index is 2.08. The third-order valence-corrected chi connectivity index (χ3v) is 3.05. The van der Waals surface area contributed by atoms with Gasteiger partial charge < -0.3 is 10.1 Å². The molecule has 21 heavy (non-hydrogen) atoms. The number of imide groups is 1. The standard InChI is InChI=1S/C16H20N2O3/c1-4-18-15(19)14(17-16(18)20)9-12-5-7-13(8-6-12)21-10-11(2)3/h5-9,11H,4,10H2,1-3H3,(H,17,20)/b14-9+. The molecule has 0 spiro atoms. The van der Waals surface area contributed by atoms with E-state index in [1.54, 1.807) is 13.0 Å². The van der Waals surface area contributed by atoms with Crippen LogP contribution in [-0.4, -0.2) is 30.0 Å². The largest absolute Gasteiger partial charge is 0.493 e. The van der Waals surface area contributed by atoms with E-state index in [0.29, 0.717) is 24.8 Å². The minimum absolute atomic E-state index is 0.289. The van der Waals surface area contributed by atoms with Crippen molar-refractivity contribution in [2.75, 3.05) is 13.2 Å². The molecular weight excluding hydrogens is 268 g/mol. The maximum absolute atomic E-state index is 11.9. The number of nitrogens with zero attached hydrogens (tertiary/aromatic N) is 1. The van der Waals surface area contributed by atoms with Crippen molar-refractivity contribution in [3.63, 3.8) is 0 Å². The Labute approximate surface area is 124 Å². The van der Waals surface area contributed by atoms with Crippen LogP contribution in [0.2, 0.25) is 0 Å². The fraction of sp³-hybridized carbons (Fsp3) is 0.375. The summed E-state index contributed by atoms with van der Waals surface area (Å²) in [6, 6.07) is 7.06. The number of benzene rings is 1. The molecule has 5 nitrogen and oxygen atoms in total. The number of ether oxygens (including phenoxy) is 1. The summed E-state index contributed by atoms with van der Waals surface area (Å²) in [5, 5.41) is 2.58. The van der Waals surface area contributed by atoms with Gasteiger partial charge in [-0.1, -0.05) is 26.0 Å². The number of rotatable bonds is 5. The molecule has 0 bridgehead atoms. The maximum Gasteiger partial charge on any atom is 0.328 e. The monoisotopic (exact) mass is 288 g/mol. The number of urea groups is 1. The van der Waals surface area contributed by atoms with Crippen molar-refractivity contribution >= 4 is 18.0 Å². The summed E-state index contributed by atoms with van der Waals surface area (Å²) in [4.78, 5) is 24.7. The first-order valence-electron chi connectivity index (χ1n) is 7.08. The van der Waals surface area contributed by atoms with Gasteiger partial charge in [-0.15, -0.1) is 0 Å². The molecule has 1 N–H and O–H groups in total. The number of hydrogen-bond donors (Lipinski definition) is 1. The van der Waals surface area contributed by atoms with Crippen molar-refractivity contribution in [3.05, 3.63) is 35.5 Å². The van der Waals surface area contributed by atoms with Gasteiger partial charge in [0.1, 0.15) is 11.4 Å². The van der Waals surface area contributed by atoms with Gasteiger partial charge in [0.15, 0.2) is 0 Å². The first kappa shape index (κ1) is 15.1. The molecule has 1 fully saturated rings. The highest BCUT2D eigenvalue weighted by Crippen LogP contribution is 2.17. The lowest BCUT2D eigenvalue weighted by atomic mass is 10.2. The molecule has 0 aromatic heterocycles. The Hall–Kier alpha value is -2.30. The number of hydrogen-bond acceptors (Lipinski definition) is 3. The van der Waals surface area contributed by atoms with Crippen molar-refractivity contribution in [2.24, 2.45) is 5.92 Å². The highest BCUT2D eigenvalue weighted by molar-refractivity contribution is 6.13.